The molecule has 0 aliphatic carbocycles. The Morgan fingerprint density at radius 2 is 2.10 bits per heavy atom. The Morgan fingerprint density at radius 1 is 1.28 bits per heavy atom. The van der Waals surface area contributed by atoms with Gasteiger partial charge in [-0.3, -0.25) is 4.79 Å². The van der Waals surface area contributed by atoms with E-state index in [1.807, 2.05) is 55.5 Å². The summed E-state index contributed by atoms with van der Waals surface area (Å²) in [6.07, 6.45) is 0. The topological polar surface area (TPSA) is 94.8 Å². The fourth-order valence-corrected chi connectivity index (χ4v) is 4.55. The maximum absolute atomic E-state index is 13.1. The molecule has 0 aliphatic heterocycles. The number of rotatable bonds is 7. The fraction of sp³-hybridized carbons (Fsp3) is 0.211. The smallest absolute Gasteiger partial charge is 0.244 e. The van der Waals surface area contributed by atoms with Gasteiger partial charge in [-0.1, -0.05) is 53.4 Å². The second-order valence-electron chi connectivity index (χ2n) is 6.06. The van der Waals surface area contributed by atoms with Crippen LogP contribution in [-0.2, 0) is 11.8 Å². The van der Waals surface area contributed by atoms with Crippen LogP contribution in [0.1, 0.15) is 17.7 Å². The molecular weight excluding hydrogens is 408 g/mol. The van der Waals surface area contributed by atoms with Crippen LogP contribution < -0.4 is 10.1 Å². The number of amides is 1. The third-order valence-electron chi connectivity index (χ3n) is 4.05. The van der Waals surface area contributed by atoms with Crippen LogP contribution in [0.15, 0.2) is 53.7 Å². The number of fused-ring (bicyclic) bond motifs is 1. The van der Waals surface area contributed by atoms with E-state index < -0.39 is 5.25 Å². The average molecular weight is 427 g/mol. The molecule has 0 saturated carbocycles. The zero-order chi connectivity index (χ0) is 20.2. The first-order valence-corrected chi connectivity index (χ1v) is 10.6. The predicted molar refractivity (Wildman–Crippen MR) is 113 cm³/mol. The highest BCUT2D eigenvalue weighted by molar-refractivity contribution is 8.00. The lowest BCUT2D eigenvalue weighted by molar-refractivity contribution is -0.115. The Balaban J connectivity index is 1.59. The van der Waals surface area contributed by atoms with Crippen molar-refractivity contribution in [1.82, 2.24) is 25.2 Å². The molecule has 1 unspecified atom stereocenters. The molecule has 2 aromatic heterocycles. The van der Waals surface area contributed by atoms with Crippen molar-refractivity contribution in [2.45, 2.75) is 17.3 Å². The van der Waals surface area contributed by atoms with Gasteiger partial charge in [0, 0.05) is 7.05 Å². The van der Waals surface area contributed by atoms with Gasteiger partial charge in [0.05, 0.1) is 16.8 Å². The number of nitrogens with zero attached hydrogens (tertiary/aromatic N) is 5. The van der Waals surface area contributed by atoms with Gasteiger partial charge >= 0.3 is 0 Å². The van der Waals surface area contributed by atoms with Gasteiger partial charge in [-0.2, -0.15) is 0 Å². The van der Waals surface area contributed by atoms with E-state index in [0.717, 1.165) is 21.5 Å². The number of nitrogens with one attached hydrogen (secondary N) is 1. The van der Waals surface area contributed by atoms with Crippen LogP contribution in [0.25, 0.3) is 10.2 Å². The van der Waals surface area contributed by atoms with E-state index in [-0.39, 0.29) is 5.91 Å². The zero-order valence-corrected chi connectivity index (χ0v) is 17.4. The number of carbonyl (C=O) groups is 1. The highest BCUT2D eigenvalue weighted by Gasteiger charge is 2.25. The molecule has 0 fully saturated rings. The van der Waals surface area contributed by atoms with Crippen LogP contribution in [0.3, 0.4) is 0 Å². The van der Waals surface area contributed by atoms with Crippen LogP contribution >= 0.6 is 23.1 Å². The standard InChI is InChI=1S/C19H18N6O2S2/c1-3-27-13-9-10-14-15(11-13)28-18(20-14)21-17(26)16(12-7-5-4-6-8-12)29-19-22-23-24-25(19)2/h4-11,16H,3H2,1-2H3,(H,20,21,26). The molecule has 4 rings (SSSR count). The number of thioether (sulfide) groups is 1. The van der Waals surface area contributed by atoms with Gasteiger partial charge in [-0.25, -0.2) is 9.67 Å². The Kier molecular flexibility index (Phi) is 5.72. The van der Waals surface area contributed by atoms with Gasteiger partial charge in [0.25, 0.3) is 0 Å². The Hall–Kier alpha value is -2.98. The monoisotopic (exact) mass is 426 g/mol. The summed E-state index contributed by atoms with van der Waals surface area (Å²) >= 11 is 2.70. The molecule has 0 radical (unpaired) electrons. The van der Waals surface area contributed by atoms with Crippen LogP contribution in [0.5, 0.6) is 5.75 Å². The van der Waals surface area contributed by atoms with Crippen molar-refractivity contribution in [1.29, 1.82) is 0 Å². The highest BCUT2D eigenvalue weighted by atomic mass is 32.2. The van der Waals surface area contributed by atoms with E-state index in [2.05, 4.69) is 25.8 Å². The van der Waals surface area contributed by atoms with Crippen molar-refractivity contribution in [2.75, 3.05) is 11.9 Å². The molecule has 0 spiro atoms. The molecule has 0 bridgehead atoms. The number of thiazole rings is 1. The average Bonchev–Trinajstić information content (AvgIpc) is 3.31. The summed E-state index contributed by atoms with van der Waals surface area (Å²) in [6, 6.07) is 15.2. The summed E-state index contributed by atoms with van der Waals surface area (Å²) in [5, 5.41) is 15.0. The minimum absolute atomic E-state index is 0.187. The van der Waals surface area contributed by atoms with E-state index >= 15 is 0 Å². The van der Waals surface area contributed by atoms with Crippen molar-refractivity contribution in [3.63, 3.8) is 0 Å². The number of anilines is 1. The van der Waals surface area contributed by atoms with Gasteiger partial charge in [0.1, 0.15) is 11.0 Å². The number of carbonyl (C=O) groups excluding carboxylic acids is 1. The number of aryl methyl sites for hydroxylation is 1. The number of benzene rings is 2. The second-order valence-corrected chi connectivity index (χ2v) is 8.17. The lowest BCUT2D eigenvalue weighted by Gasteiger charge is -2.14. The Morgan fingerprint density at radius 3 is 2.83 bits per heavy atom. The summed E-state index contributed by atoms with van der Waals surface area (Å²) in [4.78, 5) is 17.6. The van der Waals surface area contributed by atoms with E-state index in [0.29, 0.717) is 16.9 Å². The molecule has 148 valence electrons. The quantitative estimate of drug-likeness (QED) is 0.450. The van der Waals surface area contributed by atoms with E-state index in [9.17, 15) is 4.79 Å². The minimum Gasteiger partial charge on any atom is -0.494 e. The molecule has 10 heteroatoms. The van der Waals surface area contributed by atoms with Crippen molar-refractivity contribution >= 4 is 44.4 Å². The third kappa shape index (κ3) is 4.38. The number of tetrazole rings is 1. The third-order valence-corrected chi connectivity index (χ3v) is 6.26. The number of ether oxygens (including phenoxy) is 1. The van der Waals surface area contributed by atoms with Crippen molar-refractivity contribution in [3.05, 3.63) is 54.1 Å². The molecule has 2 aromatic carbocycles. The predicted octanol–water partition coefficient (Wildman–Crippen LogP) is 3.69. The second kappa shape index (κ2) is 8.58. The molecule has 1 atom stereocenters. The zero-order valence-electron chi connectivity index (χ0n) is 15.8. The van der Waals surface area contributed by atoms with Gasteiger partial charge in [-0.15, -0.1) is 5.10 Å². The molecule has 1 N–H and O–H groups in total. The lowest BCUT2D eigenvalue weighted by Crippen LogP contribution is -2.19. The highest BCUT2D eigenvalue weighted by Crippen LogP contribution is 2.36. The van der Waals surface area contributed by atoms with E-state index in [1.54, 1.807) is 11.7 Å². The van der Waals surface area contributed by atoms with Crippen molar-refractivity contribution in [2.24, 2.45) is 7.05 Å². The normalized spacial score (nSPS) is 12.1. The van der Waals surface area contributed by atoms with Crippen LogP contribution in [0, 0.1) is 0 Å². The SMILES string of the molecule is CCOc1ccc2nc(NC(=O)C(Sc3nnnn3C)c3ccccc3)sc2c1. The van der Waals surface area contributed by atoms with Gasteiger partial charge in [0.15, 0.2) is 5.13 Å². The molecule has 29 heavy (non-hydrogen) atoms. The van der Waals surface area contributed by atoms with E-state index in [1.165, 1.54) is 23.1 Å². The fourth-order valence-electron chi connectivity index (χ4n) is 2.71. The molecular formula is C19H18N6O2S2. The maximum Gasteiger partial charge on any atom is 0.244 e. The molecule has 1 amide bonds. The summed E-state index contributed by atoms with van der Waals surface area (Å²) in [5.41, 5.74) is 1.67. The van der Waals surface area contributed by atoms with Gasteiger partial charge < -0.3 is 10.1 Å². The first-order valence-electron chi connectivity index (χ1n) is 8.92. The van der Waals surface area contributed by atoms with Gasteiger partial charge in [-0.05, 0) is 41.1 Å². The minimum atomic E-state index is -0.521. The first-order chi connectivity index (χ1) is 14.1. The Labute approximate surface area is 175 Å². The number of hydrogen-bond donors (Lipinski definition) is 1. The van der Waals surface area contributed by atoms with Crippen molar-refractivity contribution in [3.8, 4) is 5.75 Å². The number of hydrogen-bond acceptors (Lipinski definition) is 8. The lowest BCUT2D eigenvalue weighted by atomic mass is 10.1. The summed E-state index contributed by atoms with van der Waals surface area (Å²) in [7, 11) is 1.74. The maximum atomic E-state index is 13.1. The number of aromatic nitrogens is 5. The van der Waals surface area contributed by atoms with Crippen LogP contribution in [0.4, 0.5) is 5.13 Å². The summed E-state index contributed by atoms with van der Waals surface area (Å²) in [5.74, 6) is 0.599. The largest absolute Gasteiger partial charge is 0.494 e. The first kappa shape index (κ1) is 19.3. The van der Waals surface area contributed by atoms with E-state index in [4.69, 9.17) is 4.74 Å². The van der Waals surface area contributed by atoms with Crippen LogP contribution in [0.2, 0.25) is 0 Å². The van der Waals surface area contributed by atoms with Crippen molar-refractivity contribution < 1.29 is 9.53 Å². The Bertz CT molecular complexity index is 1130. The summed E-state index contributed by atoms with van der Waals surface area (Å²) < 4.78 is 8.03. The summed E-state index contributed by atoms with van der Waals surface area (Å²) in [6.45, 7) is 2.54. The molecule has 0 saturated heterocycles. The molecule has 8 nitrogen and oxygen atoms in total. The molecule has 4 aromatic rings. The molecule has 2 heterocycles. The van der Waals surface area contributed by atoms with Crippen LogP contribution in [-0.4, -0.2) is 37.7 Å². The van der Waals surface area contributed by atoms with Gasteiger partial charge in [0.2, 0.25) is 11.1 Å². The molecule has 0 aliphatic rings.